The molecular formula is C15H18ClIN4. The highest BCUT2D eigenvalue weighted by atomic mass is 127. The monoisotopic (exact) mass is 416 g/mol. The van der Waals surface area contributed by atoms with E-state index in [1.54, 1.807) is 6.20 Å². The number of nitrogens with one attached hydrogen (secondary N) is 1. The van der Waals surface area contributed by atoms with Gasteiger partial charge in [0.1, 0.15) is 0 Å². The molecule has 1 aromatic heterocycles. The first-order valence-electron chi connectivity index (χ1n) is 6.42. The first kappa shape index (κ1) is 17.7. The van der Waals surface area contributed by atoms with Gasteiger partial charge < -0.3 is 11.1 Å². The fraction of sp³-hybridized carbons (Fsp3) is 0.200. The highest BCUT2D eigenvalue weighted by molar-refractivity contribution is 14.0. The van der Waals surface area contributed by atoms with E-state index in [-0.39, 0.29) is 24.0 Å². The number of aliphatic imine (C=N–C) groups is 1. The van der Waals surface area contributed by atoms with Gasteiger partial charge in [-0.25, -0.2) is 4.99 Å². The molecule has 2 aromatic rings. The van der Waals surface area contributed by atoms with Crippen LogP contribution >= 0.6 is 35.6 Å². The van der Waals surface area contributed by atoms with E-state index in [9.17, 15) is 0 Å². The molecule has 0 radical (unpaired) electrons. The smallest absolute Gasteiger partial charge is 0.188 e. The van der Waals surface area contributed by atoms with Crippen molar-refractivity contribution in [3.63, 3.8) is 0 Å². The van der Waals surface area contributed by atoms with Crippen molar-refractivity contribution in [1.82, 2.24) is 10.3 Å². The lowest BCUT2D eigenvalue weighted by Gasteiger charge is -2.05. The molecule has 0 aliphatic rings. The van der Waals surface area contributed by atoms with Crippen molar-refractivity contribution in [3.05, 3.63) is 64.9 Å². The van der Waals surface area contributed by atoms with Gasteiger partial charge in [-0.3, -0.25) is 4.98 Å². The Hall–Kier alpha value is -1.34. The van der Waals surface area contributed by atoms with Gasteiger partial charge in [-0.15, -0.1) is 24.0 Å². The third kappa shape index (κ3) is 6.77. The van der Waals surface area contributed by atoms with Crippen LogP contribution in [0.4, 0.5) is 0 Å². The number of guanidine groups is 1. The molecule has 1 aromatic carbocycles. The molecule has 0 aliphatic heterocycles. The van der Waals surface area contributed by atoms with Crippen LogP contribution < -0.4 is 11.1 Å². The summed E-state index contributed by atoms with van der Waals surface area (Å²) >= 11 is 5.82. The van der Waals surface area contributed by atoms with E-state index in [0.29, 0.717) is 19.0 Å². The first-order valence-corrected chi connectivity index (χ1v) is 6.80. The maximum Gasteiger partial charge on any atom is 0.188 e. The molecule has 0 saturated carbocycles. The van der Waals surface area contributed by atoms with E-state index in [4.69, 9.17) is 17.3 Å². The second-order valence-corrected chi connectivity index (χ2v) is 4.76. The number of nitrogens with zero attached hydrogens (tertiary/aromatic N) is 2. The van der Waals surface area contributed by atoms with Gasteiger partial charge in [0.2, 0.25) is 0 Å². The quantitative estimate of drug-likeness (QED) is 0.447. The molecule has 4 nitrogen and oxygen atoms in total. The van der Waals surface area contributed by atoms with Crippen LogP contribution in [-0.2, 0) is 13.0 Å². The summed E-state index contributed by atoms with van der Waals surface area (Å²) in [5.41, 5.74) is 7.91. The van der Waals surface area contributed by atoms with Crippen molar-refractivity contribution in [1.29, 1.82) is 0 Å². The van der Waals surface area contributed by atoms with E-state index >= 15 is 0 Å². The summed E-state index contributed by atoms with van der Waals surface area (Å²) in [6.07, 6.45) is 2.60. The predicted octanol–water partition coefficient (Wildman–Crippen LogP) is 3.00. The summed E-state index contributed by atoms with van der Waals surface area (Å²) in [5, 5.41) is 3.80. The summed E-state index contributed by atoms with van der Waals surface area (Å²) in [5.74, 6) is 0.441. The highest BCUT2D eigenvalue weighted by Crippen LogP contribution is 2.09. The SMILES string of the molecule is I.NC(=NCc1ccc(Cl)cc1)NCCc1ccccn1. The largest absolute Gasteiger partial charge is 0.370 e. The van der Waals surface area contributed by atoms with Crippen LogP contribution in [0.2, 0.25) is 5.02 Å². The van der Waals surface area contributed by atoms with Gasteiger partial charge >= 0.3 is 0 Å². The van der Waals surface area contributed by atoms with Crippen molar-refractivity contribution >= 4 is 41.5 Å². The molecule has 0 unspecified atom stereocenters. The zero-order valence-electron chi connectivity index (χ0n) is 11.5. The Balaban J connectivity index is 0.00000220. The molecule has 3 N–H and O–H groups in total. The van der Waals surface area contributed by atoms with Crippen molar-refractivity contribution in [2.75, 3.05) is 6.54 Å². The van der Waals surface area contributed by atoms with Gasteiger partial charge in [0.15, 0.2) is 5.96 Å². The molecule has 112 valence electrons. The van der Waals surface area contributed by atoms with Gasteiger partial charge in [0.05, 0.1) is 6.54 Å². The molecule has 0 fully saturated rings. The van der Waals surface area contributed by atoms with E-state index in [1.807, 2.05) is 42.5 Å². The summed E-state index contributed by atoms with van der Waals surface area (Å²) in [4.78, 5) is 8.52. The van der Waals surface area contributed by atoms with Gasteiger partial charge in [-0.2, -0.15) is 0 Å². The Bertz CT molecular complexity index is 558. The number of benzene rings is 1. The normalized spacial score (nSPS) is 10.8. The van der Waals surface area contributed by atoms with Gasteiger partial charge in [-0.1, -0.05) is 29.8 Å². The van der Waals surface area contributed by atoms with Crippen LogP contribution in [0.5, 0.6) is 0 Å². The van der Waals surface area contributed by atoms with Crippen LogP contribution in [0.25, 0.3) is 0 Å². The first-order chi connectivity index (χ1) is 9.74. The number of halogens is 2. The number of pyridine rings is 1. The van der Waals surface area contributed by atoms with E-state index in [2.05, 4.69) is 15.3 Å². The minimum absolute atomic E-state index is 0. The Morgan fingerprint density at radius 3 is 2.62 bits per heavy atom. The van der Waals surface area contributed by atoms with Crippen LogP contribution in [0.15, 0.2) is 53.7 Å². The van der Waals surface area contributed by atoms with Gasteiger partial charge in [0, 0.05) is 29.9 Å². The predicted molar refractivity (Wildman–Crippen MR) is 98.1 cm³/mol. The molecule has 1 heterocycles. The molecule has 0 bridgehead atoms. The summed E-state index contributed by atoms with van der Waals surface area (Å²) in [6.45, 7) is 1.26. The Morgan fingerprint density at radius 1 is 1.19 bits per heavy atom. The molecule has 0 spiro atoms. The topological polar surface area (TPSA) is 63.3 Å². The van der Waals surface area contributed by atoms with Crippen LogP contribution in [-0.4, -0.2) is 17.5 Å². The Morgan fingerprint density at radius 2 is 1.95 bits per heavy atom. The fourth-order valence-electron chi connectivity index (χ4n) is 1.69. The number of aromatic nitrogens is 1. The van der Waals surface area contributed by atoms with Crippen LogP contribution in [0.1, 0.15) is 11.3 Å². The van der Waals surface area contributed by atoms with E-state index < -0.39 is 0 Å². The lowest BCUT2D eigenvalue weighted by atomic mass is 10.2. The second-order valence-electron chi connectivity index (χ2n) is 4.33. The molecule has 6 heteroatoms. The lowest BCUT2D eigenvalue weighted by Crippen LogP contribution is -2.33. The second kappa shape index (κ2) is 9.57. The van der Waals surface area contributed by atoms with E-state index in [0.717, 1.165) is 22.7 Å². The zero-order chi connectivity index (χ0) is 14.2. The average molecular weight is 417 g/mol. The molecule has 21 heavy (non-hydrogen) atoms. The minimum Gasteiger partial charge on any atom is -0.370 e. The van der Waals surface area contributed by atoms with Gasteiger partial charge in [0.25, 0.3) is 0 Å². The van der Waals surface area contributed by atoms with Crippen LogP contribution in [0, 0.1) is 0 Å². The Kier molecular flexibility index (Phi) is 8.07. The number of hydrogen-bond acceptors (Lipinski definition) is 2. The number of rotatable bonds is 5. The molecule has 0 aliphatic carbocycles. The van der Waals surface area contributed by atoms with Crippen molar-refractivity contribution in [2.24, 2.45) is 10.7 Å². The molecule has 0 atom stereocenters. The van der Waals surface area contributed by atoms with Crippen molar-refractivity contribution in [3.8, 4) is 0 Å². The van der Waals surface area contributed by atoms with E-state index in [1.165, 1.54) is 0 Å². The standard InChI is InChI=1S/C15H17ClN4.HI/c16-13-6-4-12(5-7-13)11-20-15(17)19-10-8-14-3-1-2-9-18-14;/h1-7,9H,8,10-11H2,(H3,17,19,20);1H. The van der Waals surface area contributed by atoms with Gasteiger partial charge in [-0.05, 0) is 29.8 Å². The maximum atomic E-state index is 5.82. The Labute approximate surface area is 146 Å². The third-order valence-corrected chi connectivity index (χ3v) is 3.01. The molecule has 2 rings (SSSR count). The average Bonchev–Trinajstić information content (AvgIpc) is 2.48. The fourth-order valence-corrected chi connectivity index (χ4v) is 1.81. The number of nitrogens with two attached hydrogens (primary N) is 1. The lowest BCUT2D eigenvalue weighted by molar-refractivity contribution is 0.827. The highest BCUT2D eigenvalue weighted by Gasteiger charge is 1.96. The van der Waals surface area contributed by atoms with Crippen molar-refractivity contribution in [2.45, 2.75) is 13.0 Å². The number of hydrogen-bond donors (Lipinski definition) is 2. The summed E-state index contributed by atoms with van der Waals surface area (Å²) in [7, 11) is 0. The summed E-state index contributed by atoms with van der Waals surface area (Å²) < 4.78 is 0. The zero-order valence-corrected chi connectivity index (χ0v) is 14.6. The molecular weight excluding hydrogens is 399 g/mol. The minimum atomic E-state index is 0. The van der Waals surface area contributed by atoms with Crippen LogP contribution in [0.3, 0.4) is 0 Å². The van der Waals surface area contributed by atoms with Crippen molar-refractivity contribution < 1.29 is 0 Å². The third-order valence-electron chi connectivity index (χ3n) is 2.76. The maximum absolute atomic E-state index is 5.82. The summed E-state index contributed by atoms with van der Waals surface area (Å²) in [6, 6.07) is 13.4. The molecule has 0 amide bonds. The molecule has 0 saturated heterocycles.